The van der Waals surface area contributed by atoms with Crippen LogP contribution >= 0.6 is 12.4 Å². The molecule has 0 aliphatic carbocycles. The maximum absolute atomic E-state index is 6.78. The molecule has 0 aliphatic heterocycles. The van der Waals surface area contributed by atoms with Crippen molar-refractivity contribution in [2.24, 2.45) is 5.73 Å². The van der Waals surface area contributed by atoms with E-state index in [0.717, 1.165) is 0 Å². The van der Waals surface area contributed by atoms with Crippen LogP contribution in [0.15, 0.2) is 6.33 Å². The Morgan fingerprint density at radius 2 is 2.44 bits per heavy atom. The number of rotatable bonds is 1. The van der Waals surface area contributed by atoms with Crippen LogP contribution in [-0.2, 0) is 0 Å². The van der Waals surface area contributed by atoms with Gasteiger partial charge in [0, 0.05) is 0 Å². The second-order valence-electron chi connectivity index (χ2n) is 1.24. The third kappa shape index (κ3) is 1.69. The number of nitrogens with one attached hydrogen (secondary N) is 2. The molecule has 0 bridgehead atoms. The minimum atomic E-state index is -0.119. The summed E-state index contributed by atoms with van der Waals surface area (Å²) in [6.07, 6.45) is 1.37. The first-order valence-electron chi connectivity index (χ1n) is 2.01. The van der Waals surface area contributed by atoms with E-state index < -0.39 is 0 Å². The van der Waals surface area contributed by atoms with Gasteiger partial charge >= 0.3 is 0 Å². The number of hydrogen-bond acceptors (Lipinski definition) is 3. The summed E-state index contributed by atoms with van der Waals surface area (Å²) in [5.74, 6) is 0.122. The molecule has 1 aromatic heterocycles. The molecule has 1 aromatic rings. The lowest BCUT2D eigenvalue weighted by atomic mass is 10.6. The van der Waals surface area contributed by atoms with Gasteiger partial charge in [-0.05, 0) is 0 Å². The summed E-state index contributed by atoms with van der Waals surface area (Å²) in [6.45, 7) is 0. The number of H-pyrrole nitrogens is 1. The second kappa shape index (κ2) is 3.03. The number of nitrogen functional groups attached to an aromatic ring is 1. The van der Waals surface area contributed by atoms with E-state index in [4.69, 9.17) is 11.1 Å². The van der Waals surface area contributed by atoms with Crippen molar-refractivity contribution < 1.29 is 0 Å². The van der Waals surface area contributed by atoms with Crippen molar-refractivity contribution in [1.29, 1.82) is 5.41 Å². The van der Waals surface area contributed by atoms with Gasteiger partial charge in [0.2, 0.25) is 5.82 Å². The Bertz CT molecular complexity index is 180. The number of amidine groups is 1. The number of hydrogen-bond donors (Lipinski definition) is 3. The standard InChI is InChI=1S/C3H5N5.ClH/c4-2(5)3-6-1-7-8-3;/h1H,(H3,4,5)(H,6,7,8);1H. The number of nitrogens with two attached hydrogens (primary N) is 1. The third-order valence-corrected chi connectivity index (χ3v) is 0.656. The molecule has 1 heterocycles. The fourth-order valence-electron chi connectivity index (χ4n) is 0.339. The molecule has 5 nitrogen and oxygen atoms in total. The van der Waals surface area contributed by atoms with Crippen LogP contribution in [0, 0.1) is 5.41 Å². The SMILES string of the molecule is Cl.N=C(N)c1nc[nH]n1. The molecule has 0 saturated heterocycles. The molecule has 0 fully saturated rings. The van der Waals surface area contributed by atoms with Crippen LogP contribution in [-0.4, -0.2) is 21.0 Å². The molecule has 4 N–H and O–H groups in total. The molecule has 0 saturated carbocycles. The summed E-state index contributed by atoms with van der Waals surface area (Å²) in [6, 6.07) is 0. The van der Waals surface area contributed by atoms with E-state index in [1.54, 1.807) is 0 Å². The Morgan fingerprint density at radius 3 is 2.67 bits per heavy atom. The molecule has 0 spiro atoms. The predicted molar refractivity (Wildman–Crippen MR) is 34.6 cm³/mol. The smallest absolute Gasteiger partial charge is 0.215 e. The van der Waals surface area contributed by atoms with E-state index in [2.05, 4.69) is 15.2 Å². The normalized spacial score (nSPS) is 8.00. The molecule has 0 aromatic carbocycles. The quantitative estimate of drug-likeness (QED) is 0.370. The van der Waals surface area contributed by atoms with Crippen molar-refractivity contribution in [3.8, 4) is 0 Å². The zero-order valence-electron chi connectivity index (χ0n) is 4.46. The molecule has 0 aliphatic rings. The first kappa shape index (κ1) is 7.90. The highest BCUT2D eigenvalue weighted by Crippen LogP contribution is 1.78. The first-order chi connectivity index (χ1) is 3.80. The molecule has 9 heavy (non-hydrogen) atoms. The zero-order valence-corrected chi connectivity index (χ0v) is 5.27. The van der Waals surface area contributed by atoms with Crippen molar-refractivity contribution in [2.45, 2.75) is 0 Å². The zero-order chi connectivity index (χ0) is 5.98. The summed E-state index contributed by atoms with van der Waals surface area (Å²) < 4.78 is 0. The van der Waals surface area contributed by atoms with E-state index in [1.165, 1.54) is 6.33 Å². The number of halogens is 1. The average molecular weight is 148 g/mol. The molecule has 0 atom stereocenters. The summed E-state index contributed by atoms with van der Waals surface area (Å²) in [5.41, 5.74) is 5.00. The number of aromatic amines is 1. The first-order valence-corrected chi connectivity index (χ1v) is 2.01. The van der Waals surface area contributed by atoms with Crippen LogP contribution in [0.5, 0.6) is 0 Å². The lowest BCUT2D eigenvalue weighted by Gasteiger charge is -1.81. The fraction of sp³-hybridized carbons (Fsp3) is 0. The Hall–Kier alpha value is -1.10. The molecule has 50 valence electrons. The topological polar surface area (TPSA) is 91.4 Å². The average Bonchev–Trinajstić information content (AvgIpc) is 2.12. The van der Waals surface area contributed by atoms with Crippen LogP contribution in [0.1, 0.15) is 5.82 Å². The van der Waals surface area contributed by atoms with Crippen LogP contribution in [0.25, 0.3) is 0 Å². The Kier molecular flexibility index (Phi) is 2.66. The minimum absolute atomic E-state index is 0. The van der Waals surface area contributed by atoms with E-state index in [-0.39, 0.29) is 24.1 Å². The summed E-state index contributed by atoms with van der Waals surface area (Å²) in [7, 11) is 0. The van der Waals surface area contributed by atoms with E-state index in [0.29, 0.717) is 0 Å². The molecule has 0 radical (unpaired) electrons. The number of aromatic nitrogens is 3. The van der Waals surface area contributed by atoms with Gasteiger partial charge in [0.25, 0.3) is 0 Å². The Balaban J connectivity index is 0.000000640. The van der Waals surface area contributed by atoms with Crippen LogP contribution < -0.4 is 5.73 Å². The van der Waals surface area contributed by atoms with E-state index in [1.807, 2.05) is 0 Å². The molecule has 6 heteroatoms. The van der Waals surface area contributed by atoms with Gasteiger partial charge in [-0.15, -0.1) is 12.4 Å². The van der Waals surface area contributed by atoms with E-state index >= 15 is 0 Å². The molecular formula is C3H6ClN5. The van der Waals surface area contributed by atoms with Gasteiger partial charge in [-0.1, -0.05) is 0 Å². The highest BCUT2D eigenvalue weighted by atomic mass is 35.5. The van der Waals surface area contributed by atoms with Crippen LogP contribution in [0.4, 0.5) is 0 Å². The lowest BCUT2D eigenvalue weighted by molar-refractivity contribution is 1.07. The second-order valence-corrected chi connectivity index (χ2v) is 1.24. The van der Waals surface area contributed by atoms with Gasteiger partial charge in [0.1, 0.15) is 6.33 Å². The fourth-order valence-corrected chi connectivity index (χ4v) is 0.339. The van der Waals surface area contributed by atoms with Gasteiger partial charge < -0.3 is 5.73 Å². The molecule has 0 unspecified atom stereocenters. The summed E-state index contributed by atoms with van der Waals surface area (Å²) in [4.78, 5) is 3.60. The highest BCUT2D eigenvalue weighted by molar-refractivity contribution is 5.90. The molecule has 0 amide bonds. The van der Waals surface area contributed by atoms with Crippen LogP contribution in [0.3, 0.4) is 0 Å². The summed E-state index contributed by atoms with van der Waals surface area (Å²) >= 11 is 0. The maximum atomic E-state index is 6.78. The van der Waals surface area contributed by atoms with Crippen LogP contribution in [0.2, 0.25) is 0 Å². The Labute approximate surface area is 57.6 Å². The van der Waals surface area contributed by atoms with Crippen molar-refractivity contribution in [2.75, 3.05) is 0 Å². The predicted octanol–water partition coefficient (Wildman–Crippen LogP) is -0.489. The van der Waals surface area contributed by atoms with Crippen molar-refractivity contribution in [1.82, 2.24) is 15.2 Å². The minimum Gasteiger partial charge on any atom is -0.381 e. The van der Waals surface area contributed by atoms with Gasteiger partial charge in [0.15, 0.2) is 5.84 Å². The highest BCUT2D eigenvalue weighted by Gasteiger charge is 1.95. The van der Waals surface area contributed by atoms with Gasteiger partial charge in [-0.25, -0.2) is 4.98 Å². The summed E-state index contributed by atoms with van der Waals surface area (Å²) in [5, 5.41) is 12.7. The van der Waals surface area contributed by atoms with Crippen molar-refractivity contribution >= 4 is 18.2 Å². The van der Waals surface area contributed by atoms with Gasteiger partial charge in [-0.2, -0.15) is 5.10 Å². The monoisotopic (exact) mass is 147 g/mol. The largest absolute Gasteiger partial charge is 0.381 e. The van der Waals surface area contributed by atoms with Gasteiger partial charge in [0.05, 0.1) is 0 Å². The van der Waals surface area contributed by atoms with E-state index in [9.17, 15) is 0 Å². The lowest BCUT2D eigenvalue weighted by Crippen LogP contribution is -2.12. The van der Waals surface area contributed by atoms with Crippen molar-refractivity contribution in [3.05, 3.63) is 12.2 Å². The van der Waals surface area contributed by atoms with Crippen molar-refractivity contribution in [3.63, 3.8) is 0 Å². The third-order valence-electron chi connectivity index (χ3n) is 0.656. The maximum Gasteiger partial charge on any atom is 0.215 e. The number of nitrogens with zero attached hydrogens (tertiary/aromatic N) is 2. The molecule has 1 rings (SSSR count). The van der Waals surface area contributed by atoms with Gasteiger partial charge in [-0.3, -0.25) is 10.5 Å². The Morgan fingerprint density at radius 1 is 1.78 bits per heavy atom. The molecular weight excluding hydrogens is 142 g/mol.